The number of hydrogen-bond donors (Lipinski definition) is 1. The highest BCUT2D eigenvalue weighted by atomic mass is 19.4. The van der Waals surface area contributed by atoms with Crippen LogP contribution >= 0.6 is 0 Å². The Morgan fingerprint density at radius 1 is 1.00 bits per heavy atom. The number of aliphatic imine (C=N–C) groups is 1. The second-order valence-corrected chi connectivity index (χ2v) is 6.80. The molecule has 31 heavy (non-hydrogen) atoms. The van der Waals surface area contributed by atoms with Gasteiger partial charge in [-0.3, -0.25) is 14.5 Å². The average Bonchev–Trinajstić information content (AvgIpc) is 3.37. The van der Waals surface area contributed by atoms with Crippen molar-refractivity contribution in [1.29, 1.82) is 0 Å². The molecule has 0 saturated heterocycles. The largest absolute Gasteiger partial charge is 0.467 e. The Morgan fingerprint density at radius 2 is 1.65 bits per heavy atom. The van der Waals surface area contributed by atoms with Gasteiger partial charge in [0.1, 0.15) is 11.6 Å². The van der Waals surface area contributed by atoms with Gasteiger partial charge in [-0.25, -0.2) is 4.99 Å². The third-order valence-electron chi connectivity index (χ3n) is 4.75. The minimum absolute atomic E-state index is 0.0279. The molecule has 0 aliphatic carbocycles. The Hall–Kier alpha value is -3.88. The molecule has 2 amide bonds. The molecule has 158 valence electrons. The van der Waals surface area contributed by atoms with Gasteiger partial charge in [-0.05, 0) is 24.3 Å². The highest BCUT2D eigenvalue weighted by molar-refractivity contribution is 6.16. The number of alkyl halides is 3. The number of carbonyl (C=O) groups excluding carboxylic acids is 2. The summed E-state index contributed by atoms with van der Waals surface area (Å²) in [5, 5.41) is 1.83. The van der Waals surface area contributed by atoms with Crippen molar-refractivity contribution >= 4 is 17.6 Å². The standard InChI is InChI=1S/C22H16F3N3O3/c23-22(24,25)21(27-19(29)16-10-5-2-6-11-16)20(30)28(14-17-12-7-13-31-17)18(26-21)15-8-3-1-4-9-15/h1-13H,14H2,(H,27,29). The fourth-order valence-corrected chi connectivity index (χ4v) is 3.23. The normalized spacial score (nSPS) is 18.7. The number of nitrogens with zero attached hydrogens (tertiary/aromatic N) is 2. The highest BCUT2D eigenvalue weighted by Crippen LogP contribution is 2.39. The van der Waals surface area contributed by atoms with Gasteiger partial charge in [0.2, 0.25) is 0 Å². The Kier molecular flexibility index (Phi) is 5.10. The Balaban J connectivity index is 1.81. The van der Waals surface area contributed by atoms with E-state index < -0.39 is 23.7 Å². The molecule has 1 aromatic heterocycles. The average molecular weight is 427 g/mol. The lowest BCUT2D eigenvalue weighted by Crippen LogP contribution is -2.63. The molecule has 0 radical (unpaired) electrons. The maximum atomic E-state index is 14.3. The maximum absolute atomic E-state index is 14.3. The molecule has 1 unspecified atom stereocenters. The molecule has 2 aromatic carbocycles. The SMILES string of the molecule is O=C(NC1(C(F)(F)F)N=C(c2ccccc2)N(Cc2ccco2)C1=O)c1ccccc1. The third kappa shape index (κ3) is 3.70. The van der Waals surface area contributed by atoms with Gasteiger partial charge in [0, 0.05) is 11.1 Å². The summed E-state index contributed by atoms with van der Waals surface area (Å²) >= 11 is 0. The molecular formula is C22H16F3N3O3. The number of furan rings is 1. The zero-order valence-corrected chi connectivity index (χ0v) is 16.0. The van der Waals surface area contributed by atoms with E-state index in [9.17, 15) is 22.8 Å². The second kappa shape index (κ2) is 7.75. The lowest BCUT2D eigenvalue weighted by molar-refractivity contribution is -0.196. The summed E-state index contributed by atoms with van der Waals surface area (Å²) in [4.78, 5) is 30.4. The summed E-state index contributed by atoms with van der Waals surface area (Å²) in [6.07, 6.45) is -3.84. The van der Waals surface area contributed by atoms with Crippen molar-refractivity contribution in [3.8, 4) is 0 Å². The Bertz CT molecular complexity index is 1110. The minimum Gasteiger partial charge on any atom is -0.467 e. The van der Waals surface area contributed by atoms with Crippen LogP contribution in [-0.4, -0.2) is 34.4 Å². The van der Waals surface area contributed by atoms with Crippen molar-refractivity contribution in [2.75, 3.05) is 0 Å². The molecule has 4 rings (SSSR count). The number of halogens is 3. The monoisotopic (exact) mass is 427 g/mol. The van der Waals surface area contributed by atoms with Crippen LogP contribution in [0.3, 0.4) is 0 Å². The Labute approximate surface area is 175 Å². The summed E-state index contributed by atoms with van der Waals surface area (Å²) in [5.74, 6) is -2.43. The highest BCUT2D eigenvalue weighted by Gasteiger charge is 2.67. The van der Waals surface area contributed by atoms with E-state index in [0.717, 1.165) is 4.90 Å². The number of hydrogen-bond acceptors (Lipinski definition) is 4. The molecule has 0 saturated carbocycles. The van der Waals surface area contributed by atoms with Crippen LogP contribution in [0.5, 0.6) is 0 Å². The summed E-state index contributed by atoms with van der Waals surface area (Å²) in [7, 11) is 0. The lowest BCUT2D eigenvalue weighted by Gasteiger charge is -2.29. The molecule has 2 heterocycles. The predicted octanol–water partition coefficient (Wildman–Crippen LogP) is 3.76. The van der Waals surface area contributed by atoms with Gasteiger partial charge in [-0.2, -0.15) is 13.2 Å². The van der Waals surface area contributed by atoms with Crippen molar-refractivity contribution in [2.24, 2.45) is 4.99 Å². The molecule has 0 bridgehead atoms. The first-order valence-electron chi connectivity index (χ1n) is 9.26. The van der Waals surface area contributed by atoms with Gasteiger partial charge in [0.15, 0.2) is 0 Å². The van der Waals surface area contributed by atoms with Crippen LogP contribution in [0.25, 0.3) is 0 Å². The minimum atomic E-state index is -5.19. The number of benzene rings is 2. The van der Waals surface area contributed by atoms with E-state index >= 15 is 0 Å². The fraction of sp³-hybridized carbons (Fsp3) is 0.136. The lowest BCUT2D eigenvalue weighted by atomic mass is 10.1. The van der Waals surface area contributed by atoms with Crippen molar-refractivity contribution in [1.82, 2.24) is 10.2 Å². The van der Waals surface area contributed by atoms with Crippen LogP contribution in [0.1, 0.15) is 21.7 Å². The van der Waals surface area contributed by atoms with Crippen molar-refractivity contribution in [3.63, 3.8) is 0 Å². The first-order chi connectivity index (χ1) is 14.8. The van der Waals surface area contributed by atoms with Crippen molar-refractivity contribution < 1.29 is 27.2 Å². The molecule has 3 aromatic rings. The van der Waals surface area contributed by atoms with Crippen LogP contribution < -0.4 is 5.32 Å². The molecule has 6 nitrogen and oxygen atoms in total. The molecule has 1 atom stereocenters. The fourth-order valence-electron chi connectivity index (χ4n) is 3.23. The van der Waals surface area contributed by atoms with E-state index in [-0.39, 0.29) is 23.7 Å². The van der Waals surface area contributed by atoms with Gasteiger partial charge in [0.05, 0.1) is 12.8 Å². The maximum Gasteiger partial charge on any atom is 0.442 e. The van der Waals surface area contributed by atoms with Gasteiger partial charge in [0.25, 0.3) is 11.8 Å². The quantitative estimate of drug-likeness (QED) is 0.674. The molecular weight excluding hydrogens is 411 g/mol. The smallest absolute Gasteiger partial charge is 0.442 e. The number of amidine groups is 1. The van der Waals surface area contributed by atoms with Crippen molar-refractivity contribution in [3.05, 3.63) is 95.9 Å². The van der Waals surface area contributed by atoms with Gasteiger partial charge < -0.3 is 9.73 Å². The first kappa shape index (κ1) is 20.4. The van der Waals surface area contributed by atoms with Gasteiger partial charge in [-0.1, -0.05) is 48.5 Å². The molecule has 1 aliphatic rings. The van der Waals surface area contributed by atoms with Gasteiger partial charge >= 0.3 is 11.8 Å². The van der Waals surface area contributed by atoms with Crippen LogP contribution in [0.2, 0.25) is 0 Å². The molecule has 9 heteroatoms. The zero-order valence-electron chi connectivity index (χ0n) is 16.0. The van der Waals surface area contributed by atoms with Crippen LogP contribution in [0.15, 0.2) is 88.5 Å². The van der Waals surface area contributed by atoms with E-state index in [1.54, 1.807) is 30.3 Å². The first-order valence-corrected chi connectivity index (χ1v) is 9.26. The second-order valence-electron chi connectivity index (χ2n) is 6.80. The third-order valence-corrected chi connectivity index (χ3v) is 4.75. The summed E-state index contributed by atoms with van der Waals surface area (Å²) in [6, 6.07) is 18.4. The predicted molar refractivity (Wildman–Crippen MR) is 105 cm³/mol. The van der Waals surface area contributed by atoms with Crippen LogP contribution in [-0.2, 0) is 11.3 Å². The summed E-state index contributed by atoms with van der Waals surface area (Å²) in [5.41, 5.74) is -3.19. The number of amides is 2. The molecule has 1 N–H and O–H groups in total. The number of rotatable bonds is 5. The molecule has 1 aliphatic heterocycles. The van der Waals surface area contributed by atoms with E-state index in [0.29, 0.717) is 5.56 Å². The van der Waals surface area contributed by atoms with E-state index in [1.807, 2.05) is 5.32 Å². The van der Waals surface area contributed by atoms with Gasteiger partial charge in [-0.15, -0.1) is 0 Å². The van der Waals surface area contributed by atoms with E-state index in [1.165, 1.54) is 48.7 Å². The van der Waals surface area contributed by atoms with E-state index in [2.05, 4.69) is 4.99 Å². The van der Waals surface area contributed by atoms with E-state index in [4.69, 9.17) is 4.42 Å². The van der Waals surface area contributed by atoms with Crippen LogP contribution in [0, 0.1) is 0 Å². The molecule has 0 fully saturated rings. The summed E-state index contributed by atoms with van der Waals surface area (Å²) in [6.45, 7) is -0.279. The number of carbonyl (C=O) groups is 2. The molecule has 0 spiro atoms. The van der Waals surface area contributed by atoms with Crippen molar-refractivity contribution in [2.45, 2.75) is 18.4 Å². The summed E-state index contributed by atoms with van der Waals surface area (Å²) < 4.78 is 48.1. The Morgan fingerprint density at radius 3 is 2.23 bits per heavy atom. The number of nitrogens with one attached hydrogen (secondary N) is 1. The zero-order chi connectivity index (χ0) is 22.1. The van der Waals surface area contributed by atoms with Crippen LogP contribution in [0.4, 0.5) is 13.2 Å². The topological polar surface area (TPSA) is 74.9 Å².